The van der Waals surface area contributed by atoms with Crippen molar-refractivity contribution >= 4 is 28.9 Å². The van der Waals surface area contributed by atoms with Crippen LogP contribution < -0.4 is 5.73 Å². The summed E-state index contributed by atoms with van der Waals surface area (Å²) in [6, 6.07) is 3.88. The van der Waals surface area contributed by atoms with E-state index >= 15 is 0 Å². The first-order chi connectivity index (χ1) is 8.16. The Labute approximate surface area is 108 Å². The van der Waals surface area contributed by atoms with E-state index in [0.29, 0.717) is 21.8 Å². The minimum atomic E-state index is 0.442. The lowest BCUT2D eigenvalue weighted by molar-refractivity contribution is 0.746. The van der Waals surface area contributed by atoms with E-state index in [1.54, 1.807) is 18.5 Å². The molecule has 0 atom stereocenters. The Bertz CT molecular complexity index is 575. The van der Waals surface area contributed by atoms with Gasteiger partial charge in [-0.2, -0.15) is 0 Å². The van der Waals surface area contributed by atoms with Crippen molar-refractivity contribution in [2.75, 3.05) is 5.73 Å². The van der Waals surface area contributed by atoms with Crippen molar-refractivity contribution in [3.8, 4) is 11.4 Å². The van der Waals surface area contributed by atoms with Crippen LogP contribution in [-0.4, -0.2) is 14.8 Å². The normalized spacial score (nSPS) is 15.2. The summed E-state index contributed by atoms with van der Waals surface area (Å²) in [5, 5.41) is 9.03. The summed E-state index contributed by atoms with van der Waals surface area (Å²) in [5.41, 5.74) is 7.19. The summed E-state index contributed by atoms with van der Waals surface area (Å²) in [4.78, 5) is 0. The molecular weight excluding hydrogens is 259 g/mol. The molecule has 0 saturated heterocycles. The summed E-state index contributed by atoms with van der Waals surface area (Å²) in [5.74, 6) is 0.731. The topological polar surface area (TPSA) is 56.7 Å². The van der Waals surface area contributed by atoms with Gasteiger partial charge in [0.25, 0.3) is 0 Å². The highest BCUT2D eigenvalue weighted by molar-refractivity contribution is 6.37. The molecule has 1 aliphatic rings. The van der Waals surface area contributed by atoms with E-state index in [2.05, 4.69) is 10.2 Å². The predicted molar refractivity (Wildman–Crippen MR) is 68.2 cm³/mol. The third-order valence-electron chi connectivity index (χ3n) is 2.85. The number of hydrogen-bond acceptors (Lipinski definition) is 3. The molecule has 1 saturated carbocycles. The Hall–Kier alpha value is -1.26. The first kappa shape index (κ1) is 10.9. The Morgan fingerprint density at radius 3 is 2.76 bits per heavy atom. The Balaban J connectivity index is 2.17. The van der Waals surface area contributed by atoms with Gasteiger partial charge in [0.1, 0.15) is 6.33 Å². The largest absolute Gasteiger partial charge is 0.397 e. The third kappa shape index (κ3) is 1.87. The lowest BCUT2D eigenvalue weighted by Gasteiger charge is -2.09. The molecule has 0 bridgehead atoms. The summed E-state index contributed by atoms with van der Waals surface area (Å²) < 4.78 is 2.03. The van der Waals surface area contributed by atoms with Crippen molar-refractivity contribution in [2.45, 2.75) is 18.9 Å². The third-order valence-corrected chi connectivity index (χ3v) is 3.38. The van der Waals surface area contributed by atoms with Crippen LogP contribution in [0.15, 0.2) is 18.5 Å². The quantitative estimate of drug-likeness (QED) is 0.852. The molecule has 1 aliphatic carbocycles. The highest BCUT2D eigenvalue weighted by Crippen LogP contribution is 2.40. The first-order valence-corrected chi connectivity index (χ1v) is 6.07. The second-order valence-electron chi connectivity index (χ2n) is 4.14. The molecule has 2 aromatic rings. The molecule has 1 aromatic heterocycles. The van der Waals surface area contributed by atoms with Crippen LogP contribution in [-0.2, 0) is 0 Å². The maximum absolute atomic E-state index is 6.02. The van der Waals surface area contributed by atoms with Gasteiger partial charge in [0.15, 0.2) is 5.82 Å². The minimum Gasteiger partial charge on any atom is -0.397 e. The van der Waals surface area contributed by atoms with E-state index < -0.39 is 0 Å². The van der Waals surface area contributed by atoms with Gasteiger partial charge in [0.2, 0.25) is 0 Å². The number of nitrogens with zero attached hydrogens (tertiary/aromatic N) is 3. The molecule has 0 spiro atoms. The summed E-state index contributed by atoms with van der Waals surface area (Å²) in [6.45, 7) is 0. The molecule has 1 aromatic carbocycles. The lowest BCUT2D eigenvalue weighted by atomic mass is 10.1. The van der Waals surface area contributed by atoms with Crippen molar-refractivity contribution in [3.05, 3.63) is 28.5 Å². The van der Waals surface area contributed by atoms with Gasteiger partial charge >= 0.3 is 0 Å². The Kier molecular flexibility index (Phi) is 2.49. The molecule has 1 fully saturated rings. The number of halogens is 2. The highest BCUT2D eigenvalue weighted by atomic mass is 35.5. The average Bonchev–Trinajstić information content (AvgIpc) is 3.02. The van der Waals surface area contributed by atoms with Crippen molar-refractivity contribution in [1.82, 2.24) is 14.8 Å². The molecule has 6 heteroatoms. The smallest absolute Gasteiger partial charge is 0.166 e. The van der Waals surface area contributed by atoms with Gasteiger partial charge in [-0.15, -0.1) is 10.2 Å². The number of rotatable bonds is 2. The zero-order chi connectivity index (χ0) is 12.0. The monoisotopic (exact) mass is 268 g/mol. The van der Waals surface area contributed by atoms with Gasteiger partial charge in [-0.05, 0) is 25.0 Å². The van der Waals surface area contributed by atoms with Crippen LogP contribution in [0.1, 0.15) is 18.9 Å². The van der Waals surface area contributed by atoms with Crippen LogP contribution in [0, 0.1) is 0 Å². The van der Waals surface area contributed by atoms with Crippen LogP contribution in [0.4, 0.5) is 5.69 Å². The lowest BCUT2D eigenvalue weighted by Crippen LogP contribution is -1.99. The van der Waals surface area contributed by atoms with Crippen LogP contribution in [0.2, 0.25) is 10.0 Å². The molecule has 0 amide bonds. The Morgan fingerprint density at radius 2 is 2.06 bits per heavy atom. The summed E-state index contributed by atoms with van der Waals surface area (Å²) in [7, 11) is 0. The molecule has 0 unspecified atom stereocenters. The van der Waals surface area contributed by atoms with Crippen molar-refractivity contribution in [2.24, 2.45) is 0 Å². The molecule has 3 rings (SSSR count). The van der Waals surface area contributed by atoms with E-state index in [4.69, 9.17) is 28.9 Å². The zero-order valence-electron chi connectivity index (χ0n) is 8.90. The number of aromatic nitrogens is 3. The molecule has 1 heterocycles. The van der Waals surface area contributed by atoms with E-state index in [-0.39, 0.29) is 0 Å². The summed E-state index contributed by atoms with van der Waals surface area (Å²) in [6.07, 6.45) is 4.03. The SMILES string of the molecule is Nc1c(Cl)cc(Cl)cc1-c1nncn1C1CC1. The molecule has 88 valence electrons. The van der Waals surface area contributed by atoms with Crippen LogP contribution in [0.3, 0.4) is 0 Å². The van der Waals surface area contributed by atoms with Crippen LogP contribution in [0.5, 0.6) is 0 Å². The van der Waals surface area contributed by atoms with E-state index in [0.717, 1.165) is 24.2 Å². The van der Waals surface area contributed by atoms with Gasteiger partial charge < -0.3 is 10.3 Å². The second-order valence-corrected chi connectivity index (χ2v) is 4.99. The zero-order valence-corrected chi connectivity index (χ0v) is 10.4. The van der Waals surface area contributed by atoms with Crippen molar-refractivity contribution in [1.29, 1.82) is 0 Å². The first-order valence-electron chi connectivity index (χ1n) is 5.31. The fraction of sp³-hybridized carbons (Fsp3) is 0.273. The number of benzene rings is 1. The molecular formula is C11H10Cl2N4. The molecule has 2 N–H and O–H groups in total. The van der Waals surface area contributed by atoms with Gasteiger partial charge in [-0.1, -0.05) is 23.2 Å². The second kappa shape index (κ2) is 3.89. The van der Waals surface area contributed by atoms with Crippen LogP contribution >= 0.6 is 23.2 Å². The number of hydrogen-bond donors (Lipinski definition) is 1. The standard InChI is InChI=1S/C11H10Cl2N4/c12-6-3-8(10(14)9(13)4-6)11-16-15-5-17(11)7-1-2-7/h3-5,7H,1-2,14H2. The van der Waals surface area contributed by atoms with Crippen molar-refractivity contribution in [3.63, 3.8) is 0 Å². The maximum Gasteiger partial charge on any atom is 0.166 e. The van der Waals surface area contributed by atoms with Gasteiger partial charge in [-0.25, -0.2) is 0 Å². The average molecular weight is 269 g/mol. The highest BCUT2D eigenvalue weighted by Gasteiger charge is 2.27. The fourth-order valence-electron chi connectivity index (χ4n) is 1.83. The molecule has 4 nitrogen and oxygen atoms in total. The molecule has 17 heavy (non-hydrogen) atoms. The van der Waals surface area contributed by atoms with E-state index in [1.165, 1.54) is 0 Å². The minimum absolute atomic E-state index is 0.442. The van der Waals surface area contributed by atoms with Crippen LogP contribution in [0.25, 0.3) is 11.4 Å². The van der Waals surface area contributed by atoms with E-state index in [9.17, 15) is 0 Å². The van der Waals surface area contributed by atoms with Crippen molar-refractivity contribution < 1.29 is 0 Å². The number of nitrogens with two attached hydrogens (primary N) is 1. The number of anilines is 1. The maximum atomic E-state index is 6.02. The number of nitrogen functional groups attached to an aromatic ring is 1. The molecule has 0 aliphatic heterocycles. The van der Waals surface area contributed by atoms with Gasteiger partial charge in [0.05, 0.1) is 10.7 Å². The fourth-order valence-corrected chi connectivity index (χ4v) is 2.32. The molecule has 0 radical (unpaired) electrons. The van der Waals surface area contributed by atoms with Gasteiger partial charge in [-0.3, -0.25) is 0 Å². The van der Waals surface area contributed by atoms with E-state index in [1.807, 2.05) is 4.57 Å². The van der Waals surface area contributed by atoms with Gasteiger partial charge in [0, 0.05) is 16.6 Å². The Morgan fingerprint density at radius 1 is 1.29 bits per heavy atom. The summed E-state index contributed by atoms with van der Waals surface area (Å²) >= 11 is 12.0. The predicted octanol–water partition coefficient (Wildman–Crippen LogP) is 3.17.